The Balaban J connectivity index is 1.67. The summed E-state index contributed by atoms with van der Waals surface area (Å²) in [6.07, 6.45) is 4.85. The summed E-state index contributed by atoms with van der Waals surface area (Å²) in [6, 6.07) is 21.9. The third-order valence-electron chi connectivity index (χ3n) is 6.81. The van der Waals surface area contributed by atoms with Crippen LogP contribution in [0.2, 0.25) is 10.0 Å². The maximum absolute atomic E-state index is 13.8. The summed E-state index contributed by atoms with van der Waals surface area (Å²) in [5.74, 6) is 0.694. The van der Waals surface area contributed by atoms with Crippen molar-refractivity contribution in [2.75, 3.05) is 0 Å². The van der Waals surface area contributed by atoms with Gasteiger partial charge in [-0.25, -0.2) is 0 Å². The summed E-state index contributed by atoms with van der Waals surface area (Å²) in [7, 11) is 0. The molecule has 2 heterocycles. The van der Waals surface area contributed by atoms with Crippen LogP contribution in [0.4, 0.5) is 0 Å². The second-order valence-electron chi connectivity index (χ2n) is 9.08. The first-order valence-corrected chi connectivity index (χ1v) is 12.0. The Morgan fingerprint density at radius 3 is 2.38 bits per heavy atom. The molecule has 0 bridgehead atoms. The van der Waals surface area contributed by atoms with Gasteiger partial charge in [-0.2, -0.15) is 0 Å². The lowest BCUT2D eigenvalue weighted by atomic mass is 9.75. The van der Waals surface area contributed by atoms with Crippen molar-refractivity contribution in [1.82, 2.24) is 9.88 Å². The fourth-order valence-electron chi connectivity index (χ4n) is 5.19. The number of benzene rings is 2. The number of likely N-dealkylation sites (tertiary alicyclic amines) is 1. The number of piperidine rings is 1. The summed E-state index contributed by atoms with van der Waals surface area (Å²) >= 11 is 12.6. The van der Waals surface area contributed by atoms with Crippen molar-refractivity contribution >= 4 is 29.1 Å². The second kappa shape index (κ2) is 8.88. The molecule has 2 fully saturated rings. The number of carbonyl (C=O) groups excluding carboxylic acids is 1. The number of hydrogen-bond donors (Lipinski definition) is 0. The van der Waals surface area contributed by atoms with Crippen molar-refractivity contribution < 1.29 is 4.79 Å². The van der Waals surface area contributed by atoms with E-state index in [0.717, 1.165) is 41.1 Å². The van der Waals surface area contributed by atoms with Crippen LogP contribution in [0.25, 0.3) is 0 Å². The van der Waals surface area contributed by atoms with Gasteiger partial charge in [0.2, 0.25) is 5.91 Å². The molecule has 2 aromatic carbocycles. The summed E-state index contributed by atoms with van der Waals surface area (Å²) in [5.41, 5.74) is 3.24. The molecule has 2 aliphatic rings. The van der Waals surface area contributed by atoms with Crippen molar-refractivity contribution in [2.24, 2.45) is 11.8 Å². The standard InChI is InChI=1S/C27H26Cl2N2O/c1-17-15-23(20-5-4-6-22(29)16-20)25(18-10-12-21(28)13-11-18)31(27(17)32)26(19-8-9-19)24-7-2-3-14-30-24/h2-7,10-14,16-17,19,23,25-26H,8-9,15H2,1H3. The van der Waals surface area contributed by atoms with Crippen LogP contribution >= 0.6 is 23.2 Å². The summed E-state index contributed by atoms with van der Waals surface area (Å²) in [6.45, 7) is 2.05. The Morgan fingerprint density at radius 2 is 1.72 bits per heavy atom. The zero-order chi connectivity index (χ0) is 22.2. The zero-order valence-corrected chi connectivity index (χ0v) is 19.5. The molecule has 1 saturated carbocycles. The van der Waals surface area contributed by atoms with E-state index in [9.17, 15) is 4.79 Å². The molecule has 1 aliphatic heterocycles. The van der Waals surface area contributed by atoms with E-state index in [2.05, 4.69) is 29.2 Å². The number of carbonyl (C=O) groups is 1. The zero-order valence-electron chi connectivity index (χ0n) is 18.0. The Hall–Kier alpha value is -2.36. The quantitative estimate of drug-likeness (QED) is 0.398. The van der Waals surface area contributed by atoms with E-state index < -0.39 is 0 Å². The van der Waals surface area contributed by atoms with E-state index in [1.54, 1.807) is 0 Å². The van der Waals surface area contributed by atoms with E-state index >= 15 is 0 Å². The number of nitrogens with zero attached hydrogens (tertiary/aromatic N) is 2. The van der Waals surface area contributed by atoms with Gasteiger partial charge in [-0.05, 0) is 72.7 Å². The number of pyridine rings is 1. The fourth-order valence-corrected chi connectivity index (χ4v) is 5.51. The predicted octanol–water partition coefficient (Wildman–Crippen LogP) is 7.23. The topological polar surface area (TPSA) is 33.2 Å². The lowest BCUT2D eigenvalue weighted by molar-refractivity contribution is -0.147. The number of hydrogen-bond acceptors (Lipinski definition) is 2. The summed E-state index contributed by atoms with van der Waals surface area (Å²) < 4.78 is 0. The van der Waals surface area contributed by atoms with Crippen molar-refractivity contribution in [1.29, 1.82) is 0 Å². The average Bonchev–Trinajstić information content (AvgIpc) is 3.63. The molecule has 1 amide bonds. The molecule has 5 heteroatoms. The first-order valence-electron chi connectivity index (χ1n) is 11.3. The Morgan fingerprint density at radius 1 is 0.938 bits per heavy atom. The number of halogens is 2. The highest BCUT2D eigenvalue weighted by Gasteiger charge is 2.49. The van der Waals surface area contributed by atoms with Gasteiger partial charge in [0.05, 0.1) is 17.8 Å². The van der Waals surface area contributed by atoms with Gasteiger partial charge in [0.1, 0.15) is 0 Å². The van der Waals surface area contributed by atoms with Gasteiger partial charge in [-0.1, -0.05) is 60.5 Å². The van der Waals surface area contributed by atoms with Crippen LogP contribution in [0.5, 0.6) is 0 Å². The van der Waals surface area contributed by atoms with Gasteiger partial charge >= 0.3 is 0 Å². The molecule has 164 valence electrons. The third-order valence-corrected chi connectivity index (χ3v) is 7.30. The largest absolute Gasteiger partial charge is 0.326 e. The minimum absolute atomic E-state index is 0.0335. The molecule has 0 spiro atoms. The van der Waals surface area contributed by atoms with E-state index in [1.807, 2.05) is 55.6 Å². The van der Waals surface area contributed by atoms with Crippen LogP contribution in [0, 0.1) is 11.8 Å². The highest BCUT2D eigenvalue weighted by Crippen LogP contribution is 2.53. The summed E-state index contributed by atoms with van der Waals surface area (Å²) in [4.78, 5) is 20.6. The minimum Gasteiger partial charge on any atom is -0.326 e. The molecule has 4 unspecified atom stereocenters. The maximum atomic E-state index is 13.8. The molecule has 5 rings (SSSR count). The van der Waals surface area contributed by atoms with Crippen LogP contribution < -0.4 is 0 Å². The molecule has 0 N–H and O–H groups in total. The normalized spacial score (nSPS) is 24.4. The Labute approximate surface area is 199 Å². The van der Waals surface area contributed by atoms with E-state index in [-0.39, 0.29) is 29.8 Å². The van der Waals surface area contributed by atoms with Crippen LogP contribution in [-0.2, 0) is 4.79 Å². The molecule has 1 aromatic heterocycles. The molecule has 32 heavy (non-hydrogen) atoms. The van der Waals surface area contributed by atoms with E-state index in [0.29, 0.717) is 10.9 Å². The second-order valence-corrected chi connectivity index (χ2v) is 9.95. The molecule has 1 saturated heterocycles. The molecular weight excluding hydrogens is 439 g/mol. The molecule has 0 radical (unpaired) electrons. The maximum Gasteiger partial charge on any atom is 0.226 e. The molecule has 4 atom stereocenters. The van der Waals surface area contributed by atoms with Gasteiger partial charge in [-0.3, -0.25) is 9.78 Å². The SMILES string of the molecule is CC1CC(c2cccc(Cl)c2)C(c2ccc(Cl)cc2)N(C(c2ccccn2)C2CC2)C1=O. The van der Waals surface area contributed by atoms with Crippen LogP contribution in [0.15, 0.2) is 72.9 Å². The van der Waals surface area contributed by atoms with Crippen LogP contribution in [-0.4, -0.2) is 15.8 Å². The number of rotatable bonds is 5. The van der Waals surface area contributed by atoms with Gasteiger partial charge in [0.25, 0.3) is 0 Å². The molecule has 3 aromatic rings. The fraction of sp³-hybridized carbons (Fsp3) is 0.333. The van der Waals surface area contributed by atoms with Gasteiger partial charge in [0, 0.05) is 28.1 Å². The van der Waals surface area contributed by atoms with Crippen molar-refractivity contribution in [3.05, 3.63) is 99.8 Å². The van der Waals surface area contributed by atoms with Crippen molar-refractivity contribution in [3.63, 3.8) is 0 Å². The monoisotopic (exact) mass is 464 g/mol. The van der Waals surface area contributed by atoms with Crippen molar-refractivity contribution in [2.45, 2.75) is 44.2 Å². The lowest BCUT2D eigenvalue weighted by Crippen LogP contribution is -2.48. The number of aromatic nitrogens is 1. The lowest BCUT2D eigenvalue weighted by Gasteiger charge is -2.48. The number of amides is 1. The molecule has 1 aliphatic carbocycles. The average molecular weight is 465 g/mol. The van der Waals surface area contributed by atoms with E-state index in [1.165, 1.54) is 0 Å². The van der Waals surface area contributed by atoms with Crippen LogP contribution in [0.1, 0.15) is 61.0 Å². The Bertz CT molecular complexity index is 1100. The van der Waals surface area contributed by atoms with Gasteiger partial charge < -0.3 is 4.90 Å². The van der Waals surface area contributed by atoms with Gasteiger partial charge in [0.15, 0.2) is 0 Å². The summed E-state index contributed by atoms with van der Waals surface area (Å²) in [5, 5.41) is 1.41. The highest BCUT2D eigenvalue weighted by atomic mass is 35.5. The van der Waals surface area contributed by atoms with E-state index in [4.69, 9.17) is 28.2 Å². The molecular formula is C27H26Cl2N2O. The minimum atomic E-state index is -0.109. The smallest absolute Gasteiger partial charge is 0.226 e. The first-order chi connectivity index (χ1) is 15.5. The van der Waals surface area contributed by atoms with Gasteiger partial charge in [-0.15, -0.1) is 0 Å². The third kappa shape index (κ3) is 4.16. The first kappa shape index (κ1) is 21.5. The highest BCUT2D eigenvalue weighted by molar-refractivity contribution is 6.30. The Kier molecular flexibility index (Phi) is 5.96. The molecule has 3 nitrogen and oxygen atoms in total. The predicted molar refractivity (Wildman–Crippen MR) is 129 cm³/mol. The van der Waals surface area contributed by atoms with Crippen LogP contribution in [0.3, 0.4) is 0 Å². The van der Waals surface area contributed by atoms with Crippen molar-refractivity contribution in [3.8, 4) is 0 Å².